The van der Waals surface area contributed by atoms with Gasteiger partial charge in [-0.05, 0) is 30.0 Å². The van der Waals surface area contributed by atoms with Crippen molar-refractivity contribution in [3.05, 3.63) is 29.8 Å². The molecule has 27 heavy (non-hydrogen) atoms. The highest BCUT2D eigenvalue weighted by molar-refractivity contribution is 5.73. The second-order valence-corrected chi connectivity index (χ2v) is 9.17. The van der Waals surface area contributed by atoms with E-state index in [4.69, 9.17) is 14.2 Å². The van der Waals surface area contributed by atoms with Gasteiger partial charge >= 0.3 is 5.97 Å². The van der Waals surface area contributed by atoms with Crippen molar-refractivity contribution in [3.8, 4) is 11.5 Å². The third-order valence-electron chi connectivity index (χ3n) is 5.90. The Labute approximate surface area is 161 Å². The molecule has 5 nitrogen and oxygen atoms in total. The Bertz CT molecular complexity index is 794. The Morgan fingerprint density at radius 1 is 1.37 bits per heavy atom. The van der Waals surface area contributed by atoms with Crippen molar-refractivity contribution in [2.24, 2.45) is 5.41 Å². The Morgan fingerprint density at radius 3 is 2.85 bits per heavy atom. The first kappa shape index (κ1) is 18.2. The van der Waals surface area contributed by atoms with Crippen LogP contribution in [0.2, 0.25) is 0 Å². The maximum Gasteiger partial charge on any atom is 0.306 e. The number of esters is 1. The fourth-order valence-corrected chi connectivity index (χ4v) is 4.60. The summed E-state index contributed by atoms with van der Waals surface area (Å²) in [5, 5.41) is 0. The lowest BCUT2D eigenvalue weighted by molar-refractivity contribution is -0.150. The van der Waals surface area contributed by atoms with Crippen LogP contribution in [0.1, 0.15) is 45.6 Å². The molecule has 1 aromatic rings. The van der Waals surface area contributed by atoms with Crippen LogP contribution in [0.4, 0.5) is 5.69 Å². The number of methoxy groups -OCH3 is 1. The zero-order valence-electron chi connectivity index (χ0n) is 16.9. The van der Waals surface area contributed by atoms with Crippen LogP contribution in [-0.2, 0) is 14.9 Å². The molecule has 2 heterocycles. The summed E-state index contributed by atoms with van der Waals surface area (Å²) in [6, 6.07) is 4.10. The molecule has 0 saturated carbocycles. The van der Waals surface area contributed by atoms with Gasteiger partial charge in [0, 0.05) is 31.3 Å². The van der Waals surface area contributed by atoms with Crippen molar-refractivity contribution in [3.63, 3.8) is 0 Å². The lowest BCUT2D eigenvalue weighted by Gasteiger charge is -2.42. The van der Waals surface area contributed by atoms with Gasteiger partial charge in [0.1, 0.15) is 12.2 Å². The smallest absolute Gasteiger partial charge is 0.306 e. The van der Waals surface area contributed by atoms with Crippen LogP contribution in [0.15, 0.2) is 24.3 Å². The van der Waals surface area contributed by atoms with Crippen LogP contribution in [0.5, 0.6) is 11.5 Å². The van der Waals surface area contributed by atoms with Crippen molar-refractivity contribution in [1.82, 2.24) is 0 Å². The molecule has 5 heteroatoms. The van der Waals surface area contributed by atoms with E-state index in [0.29, 0.717) is 12.8 Å². The molecule has 3 aliphatic rings. The number of nitrogens with zero attached hydrogens (tertiary/aromatic N) is 1. The molecule has 0 saturated heterocycles. The first-order chi connectivity index (χ1) is 12.7. The number of carbonyl (C=O) groups excluding carboxylic acids is 1. The Morgan fingerprint density at radius 2 is 2.15 bits per heavy atom. The van der Waals surface area contributed by atoms with E-state index in [2.05, 4.69) is 30.2 Å². The molecule has 1 aromatic carbocycles. The summed E-state index contributed by atoms with van der Waals surface area (Å²) in [4.78, 5) is 14.5. The summed E-state index contributed by atoms with van der Waals surface area (Å²) in [5.41, 5.74) is 2.19. The summed E-state index contributed by atoms with van der Waals surface area (Å²) in [6.45, 7) is 7.10. The molecule has 0 bridgehead atoms. The molecule has 1 aliphatic carbocycles. The molecule has 0 radical (unpaired) electrons. The van der Waals surface area contributed by atoms with E-state index < -0.39 is 0 Å². The molecular weight excluding hydrogens is 342 g/mol. The van der Waals surface area contributed by atoms with Gasteiger partial charge in [0.15, 0.2) is 11.5 Å². The lowest BCUT2D eigenvalue weighted by atomic mass is 9.67. The average molecular weight is 371 g/mol. The van der Waals surface area contributed by atoms with Crippen LogP contribution in [0.25, 0.3) is 0 Å². The third-order valence-corrected chi connectivity index (χ3v) is 5.90. The first-order valence-corrected chi connectivity index (χ1v) is 9.72. The largest absolute Gasteiger partial charge is 0.493 e. The van der Waals surface area contributed by atoms with Crippen molar-refractivity contribution < 1.29 is 19.0 Å². The van der Waals surface area contributed by atoms with Crippen LogP contribution in [0.3, 0.4) is 0 Å². The Kier molecular flexibility index (Phi) is 4.17. The second kappa shape index (κ2) is 6.18. The molecule has 3 atom stereocenters. The molecule has 0 fully saturated rings. The molecule has 146 valence electrons. The monoisotopic (exact) mass is 371 g/mol. The predicted octanol–water partition coefficient (Wildman–Crippen LogP) is 3.84. The van der Waals surface area contributed by atoms with Crippen molar-refractivity contribution in [1.29, 1.82) is 0 Å². The van der Waals surface area contributed by atoms with E-state index in [9.17, 15) is 4.79 Å². The van der Waals surface area contributed by atoms with E-state index in [0.717, 1.165) is 24.5 Å². The number of hydrogen-bond donors (Lipinski definition) is 0. The number of hydrogen-bond acceptors (Lipinski definition) is 5. The first-order valence-electron chi connectivity index (χ1n) is 9.72. The van der Waals surface area contributed by atoms with Crippen LogP contribution in [0, 0.1) is 5.41 Å². The zero-order valence-corrected chi connectivity index (χ0v) is 16.9. The molecule has 2 aliphatic heterocycles. The van der Waals surface area contributed by atoms with Crippen LogP contribution < -0.4 is 14.4 Å². The molecule has 1 spiro atoms. The van der Waals surface area contributed by atoms with Gasteiger partial charge in [0.05, 0.1) is 18.9 Å². The quantitative estimate of drug-likeness (QED) is 0.597. The normalized spacial score (nSPS) is 28.3. The summed E-state index contributed by atoms with van der Waals surface area (Å²) in [7, 11) is 3.79. The Hall–Kier alpha value is -2.17. The summed E-state index contributed by atoms with van der Waals surface area (Å²) in [5.74, 6) is 1.47. The molecule has 1 unspecified atom stereocenters. The summed E-state index contributed by atoms with van der Waals surface area (Å²) in [6.07, 6.45) is 6.08. The lowest BCUT2D eigenvalue weighted by Crippen LogP contribution is -2.47. The topological polar surface area (TPSA) is 48.0 Å². The number of anilines is 1. The molecule has 0 amide bonds. The van der Waals surface area contributed by atoms with Crippen molar-refractivity contribution >= 4 is 11.7 Å². The van der Waals surface area contributed by atoms with Crippen LogP contribution >= 0.6 is 0 Å². The van der Waals surface area contributed by atoms with E-state index >= 15 is 0 Å². The standard InChI is InChI=1S/C22H29NO4/c1-21(2,3)13-18(24)26-14-8-9-22-10-11-23(4)15-6-7-16(25-5)20(19(15)22)27-17(22)12-14/h6-9,14,17H,10-13H2,1-5H3/t14-,17?,22-/m0/s1. The molecule has 0 aromatic heterocycles. The fourth-order valence-electron chi connectivity index (χ4n) is 4.60. The van der Waals surface area contributed by atoms with Crippen LogP contribution in [-0.4, -0.2) is 38.9 Å². The molecule has 0 N–H and O–H groups in total. The zero-order chi connectivity index (χ0) is 19.4. The minimum Gasteiger partial charge on any atom is -0.493 e. The number of benzene rings is 1. The fraction of sp³-hybridized carbons (Fsp3) is 0.591. The van der Waals surface area contributed by atoms with E-state index in [-0.39, 0.29) is 29.0 Å². The van der Waals surface area contributed by atoms with E-state index in [1.165, 1.54) is 11.3 Å². The van der Waals surface area contributed by atoms with E-state index in [1.54, 1.807) is 7.11 Å². The predicted molar refractivity (Wildman–Crippen MR) is 105 cm³/mol. The van der Waals surface area contributed by atoms with E-state index in [1.807, 2.05) is 26.8 Å². The minimum atomic E-state index is -0.237. The SMILES string of the molecule is COc1ccc2c3c1OC1C[C@@H](OC(=O)CC(C)(C)C)C=C[C@@]31CCN2C. The second-order valence-electron chi connectivity index (χ2n) is 9.17. The number of ether oxygens (including phenoxy) is 3. The molecular formula is C22H29NO4. The third kappa shape index (κ3) is 2.97. The minimum absolute atomic E-state index is 0.0336. The van der Waals surface area contributed by atoms with Gasteiger partial charge in [-0.25, -0.2) is 0 Å². The summed E-state index contributed by atoms with van der Waals surface area (Å²) >= 11 is 0. The molecule has 4 rings (SSSR count). The maximum absolute atomic E-state index is 12.3. The number of rotatable bonds is 3. The maximum atomic E-state index is 12.3. The Balaban J connectivity index is 1.63. The van der Waals surface area contributed by atoms with Gasteiger partial charge in [0.2, 0.25) is 0 Å². The average Bonchev–Trinajstić information content (AvgIpc) is 2.92. The highest BCUT2D eigenvalue weighted by Crippen LogP contribution is 2.58. The number of carbonyl (C=O) groups is 1. The van der Waals surface area contributed by atoms with Crippen molar-refractivity contribution in [2.45, 2.75) is 57.7 Å². The van der Waals surface area contributed by atoms with Gasteiger partial charge in [-0.2, -0.15) is 0 Å². The summed E-state index contributed by atoms with van der Waals surface area (Å²) < 4.78 is 17.7. The van der Waals surface area contributed by atoms with Crippen molar-refractivity contribution in [2.75, 3.05) is 25.6 Å². The van der Waals surface area contributed by atoms with Gasteiger partial charge < -0.3 is 19.1 Å². The van der Waals surface area contributed by atoms with Gasteiger partial charge in [-0.1, -0.05) is 26.8 Å². The van der Waals surface area contributed by atoms with Gasteiger partial charge in [-0.3, -0.25) is 4.79 Å². The van der Waals surface area contributed by atoms with Gasteiger partial charge in [-0.15, -0.1) is 0 Å². The highest BCUT2D eigenvalue weighted by Gasteiger charge is 2.54. The highest BCUT2D eigenvalue weighted by atomic mass is 16.6. The van der Waals surface area contributed by atoms with Gasteiger partial charge in [0.25, 0.3) is 0 Å².